The highest BCUT2D eigenvalue weighted by Crippen LogP contribution is 2.32. The van der Waals surface area contributed by atoms with Crippen LogP contribution in [-0.4, -0.2) is 40.2 Å². The van der Waals surface area contributed by atoms with Crippen molar-refractivity contribution in [1.82, 2.24) is 14.6 Å². The monoisotopic (exact) mass is 565 g/mol. The summed E-state index contributed by atoms with van der Waals surface area (Å²) >= 11 is 0. The summed E-state index contributed by atoms with van der Waals surface area (Å²) in [4.78, 5) is 39.6. The number of hydrogen-bond acceptors (Lipinski definition) is 6. The number of alkyl halides is 3. The predicted octanol–water partition coefficient (Wildman–Crippen LogP) is 4.50. The van der Waals surface area contributed by atoms with Gasteiger partial charge in [0.2, 0.25) is 5.95 Å². The normalized spacial score (nSPS) is 12.7. The minimum atomic E-state index is -4.49. The van der Waals surface area contributed by atoms with Crippen LogP contribution in [0.25, 0.3) is 0 Å². The Hall–Kier alpha value is -4.11. The summed E-state index contributed by atoms with van der Waals surface area (Å²) in [6, 6.07) is 9.83. The second-order valence-corrected chi connectivity index (χ2v) is 8.43. The Morgan fingerprint density at radius 2 is 1.87 bits per heavy atom. The largest absolute Gasteiger partial charge is 0.416 e. The van der Waals surface area contributed by atoms with E-state index in [9.17, 15) is 27.2 Å². The molecule has 2 heterocycles. The van der Waals surface area contributed by atoms with E-state index in [1.54, 1.807) is 18.7 Å². The van der Waals surface area contributed by atoms with Gasteiger partial charge in [-0.05, 0) is 56.3 Å². The first kappa shape index (κ1) is 29.4. The van der Waals surface area contributed by atoms with Crippen molar-refractivity contribution >= 4 is 29.9 Å². The first-order valence-corrected chi connectivity index (χ1v) is 11.8. The molecule has 1 aliphatic heterocycles. The topological polar surface area (TPSA) is 91.5 Å². The van der Waals surface area contributed by atoms with Crippen molar-refractivity contribution in [2.24, 2.45) is 0 Å². The van der Waals surface area contributed by atoms with Gasteiger partial charge >= 0.3 is 6.18 Å². The molecular weight excluding hydrogens is 542 g/mol. The molecule has 0 spiro atoms. The molecule has 1 aliphatic rings. The lowest BCUT2D eigenvalue weighted by molar-refractivity contribution is -0.137. The van der Waals surface area contributed by atoms with Crippen molar-refractivity contribution in [3.63, 3.8) is 0 Å². The van der Waals surface area contributed by atoms with Gasteiger partial charge in [0.25, 0.3) is 11.5 Å². The Morgan fingerprint density at radius 1 is 1.18 bits per heavy atom. The van der Waals surface area contributed by atoms with Crippen molar-refractivity contribution in [3.05, 3.63) is 86.6 Å². The molecule has 206 valence electrons. The van der Waals surface area contributed by atoms with Gasteiger partial charge in [-0.2, -0.15) is 18.4 Å². The molecule has 0 fully saturated rings. The number of hydrogen-bond donors (Lipinski definition) is 0. The maximum Gasteiger partial charge on any atom is 0.416 e. The molecule has 2 aromatic carbocycles. The third kappa shape index (κ3) is 5.83. The Labute approximate surface area is 227 Å². The minimum Gasteiger partial charge on any atom is -0.408 e. The molecular formula is C26H24ClF4N5O3. The molecule has 0 aliphatic carbocycles. The number of carbonyl (C=O) groups is 1. The Balaban J connectivity index is 0.00000420. The van der Waals surface area contributed by atoms with E-state index >= 15 is 0 Å². The quantitative estimate of drug-likeness (QED) is 0.409. The fourth-order valence-corrected chi connectivity index (χ4v) is 4.23. The van der Waals surface area contributed by atoms with Crippen LogP contribution in [0.5, 0.6) is 0 Å². The molecule has 13 heteroatoms. The molecule has 0 saturated carbocycles. The first-order valence-electron chi connectivity index (χ1n) is 11.8. The van der Waals surface area contributed by atoms with E-state index in [-0.39, 0.29) is 67.7 Å². The average Bonchev–Trinajstić information content (AvgIpc) is 2.90. The van der Waals surface area contributed by atoms with E-state index < -0.39 is 29.0 Å². The second-order valence-electron chi connectivity index (χ2n) is 8.43. The molecule has 39 heavy (non-hydrogen) atoms. The van der Waals surface area contributed by atoms with Crippen LogP contribution in [0.1, 0.15) is 46.6 Å². The summed E-state index contributed by atoms with van der Waals surface area (Å²) in [6.45, 7) is 3.80. The van der Waals surface area contributed by atoms with Crippen LogP contribution in [0.15, 0.2) is 47.3 Å². The van der Waals surface area contributed by atoms with Gasteiger partial charge in [0, 0.05) is 25.2 Å². The van der Waals surface area contributed by atoms with Gasteiger partial charge in [-0.1, -0.05) is 0 Å². The number of amides is 1. The van der Waals surface area contributed by atoms with Gasteiger partial charge < -0.3 is 14.6 Å². The molecule has 0 saturated heterocycles. The first-order chi connectivity index (χ1) is 18.1. The number of rotatable bonds is 6. The molecule has 1 amide bonds. The predicted molar refractivity (Wildman–Crippen MR) is 137 cm³/mol. The zero-order valence-electron chi connectivity index (χ0n) is 21.0. The molecule has 0 bridgehead atoms. The summed E-state index contributed by atoms with van der Waals surface area (Å²) in [6.07, 6.45) is -4.30. The van der Waals surface area contributed by atoms with Crippen molar-refractivity contribution < 1.29 is 27.2 Å². The van der Waals surface area contributed by atoms with Gasteiger partial charge in [0.1, 0.15) is 12.4 Å². The number of nitrogens with zero attached hydrogens (tertiary/aromatic N) is 5. The molecule has 3 aromatic rings. The highest BCUT2D eigenvalue weighted by Gasteiger charge is 2.32. The summed E-state index contributed by atoms with van der Waals surface area (Å²) in [7, 11) is 0. The average molecular weight is 566 g/mol. The lowest BCUT2D eigenvalue weighted by Gasteiger charge is -2.31. The third-order valence-electron chi connectivity index (χ3n) is 6.11. The number of nitriles is 1. The Morgan fingerprint density at radius 3 is 2.44 bits per heavy atom. The zero-order valence-corrected chi connectivity index (χ0v) is 21.8. The minimum absolute atomic E-state index is 0. The van der Waals surface area contributed by atoms with E-state index in [0.29, 0.717) is 11.4 Å². The SMILES string of the molecule is CCOn1c(N(CC)c2ccc(C(F)(F)F)cc2)nc2c(c1=O)CN(C(=O)c1ccc(C#N)cc1F)CC2.Cl. The van der Waals surface area contributed by atoms with Crippen molar-refractivity contribution in [2.45, 2.75) is 33.0 Å². The number of fused-ring (bicyclic) bond motifs is 1. The second kappa shape index (κ2) is 11.7. The fourth-order valence-electron chi connectivity index (χ4n) is 4.23. The van der Waals surface area contributed by atoms with Crippen LogP contribution in [0.2, 0.25) is 0 Å². The maximum absolute atomic E-state index is 14.4. The Bertz CT molecular complexity index is 1470. The van der Waals surface area contributed by atoms with Crippen molar-refractivity contribution in [1.29, 1.82) is 5.26 Å². The standard InChI is InChI=1S/C26H23F4N5O3.ClH/c1-3-34(18-8-6-17(7-9-18)26(28,29)30)25-32-22-11-12-33(15-20(22)24(37)35(25)38-4-2)23(36)19-10-5-16(14-31)13-21(19)27;/h5-10,13H,3-4,11-12,15H2,1-2H3;1H. The van der Waals surface area contributed by atoms with Gasteiger partial charge in [-0.25, -0.2) is 9.37 Å². The van der Waals surface area contributed by atoms with Crippen LogP contribution >= 0.6 is 12.4 Å². The number of anilines is 2. The molecule has 4 rings (SSSR count). The van der Waals surface area contributed by atoms with Crippen LogP contribution in [0.3, 0.4) is 0 Å². The van der Waals surface area contributed by atoms with Crippen LogP contribution in [0.4, 0.5) is 29.2 Å². The van der Waals surface area contributed by atoms with Crippen LogP contribution in [-0.2, 0) is 19.1 Å². The van der Waals surface area contributed by atoms with Gasteiger partial charge in [0.05, 0.1) is 40.6 Å². The highest BCUT2D eigenvalue weighted by atomic mass is 35.5. The molecule has 1 aromatic heterocycles. The summed E-state index contributed by atoms with van der Waals surface area (Å²) < 4.78 is 54.5. The lowest BCUT2D eigenvalue weighted by Crippen LogP contribution is -2.44. The highest BCUT2D eigenvalue weighted by molar-refractivity contribution is 5.94. The number of benzene rings is 2. The third-order valence-corrected chi connectivity index (χ3v) is 6.11. The number of carbonyl (C=O) groups excluding carboxylic acids is 1. The lowest BCUT2D eigenvalue weighted by atomic mass is 10.0. The smallest absolute Gasteiger partial charge is 0.408 e. The molecule has 0 unspecified atom stereocenters. The molecule has 0 atom stereocenters. The van der Waals surface area contributed by atoms with Gasteiger partial charge in [-0.3, -0.25) is 9.59 Å². The summed E-state index contributed by atoms with van der Waals surface area (Å²) in [5.74, 6) is -1.38. The van der Waals surface area contributed by atoms with E-state index in [1.807, 2.05) is 6.07 Å². The number of halogens is 5. The summed E-state index contributed by atoms with van der Waals surface area (Å²) in [5.41, 5.74) is -0.536. The summed E-state index contributed by atoms with van der Waals surface area (Å²) in [5, 5.41) is 8.93. The van der Waals surface area contributed by atoms with Crippen LogP contribution in [0, 0.1) is 17.1 Å². The number of aromatic nitrogens is 2. The molecule has 0 radical (unpaired) electrons. The van der Waals surface area contributed by atoms with E-state index in [1.165, 1.54) is 29.2 Å². The fraction of sp³-hybridized carbons (Fsp3) is 0.308. The van der Waals surface area contributed by atoms with E-state index in [2.05, 4.69) is 4.98 Å². The zero-order chi connectivity index (χ0) is 27.6. The van der Waals surface area contributed by atoms with E-state index in [4.69, 9.17) is 10.1 Å². The maximum atomic E-state index is 14.4. The molecule has 8 nitrogen and oxygen atoms in total. The Kier molecular flexibility index (Phi) is 8.86. The van der Waals surface area contributed by atoms with Gasteiger partial charge in [0.15, 0.2) is 0 Å². The molecule has 0 N–H and O–H groups in total. The van der Waals surface area contributed by atoms with E-state index in [0.717, 1.165) is 22.9 Å². The van der Waals surface area contributed by atoms with Crippen molar-refractivity contribution in [2.75, 3.05) is 24.6 Å². The van der Waals surface area contributed by atoms with Gasteiger partial charge in [-0.15, -0.1) is 17.1 Å². The van der Waals surface area contributed by atoms with Crippen LogP contribution < -0.4 is 15.3 Å². The van der Waals surface area contributed by atoms with Crippen molar-refractivity contribution in [3.8, 4) is 6.07 Å².